The van der Waals surface area contributed by atoms with Crippen LogP contribution in [0.3, 0.4) is 0 Å². The molecule has 0 spiro atoms. The van der Waals surface area contributed by atoms with Gasteiger partial charge in [0, 0.05) is 23.1 Å². The minimum atomic E-state index is -0.163. The van der Waals surface area contributed by atoms with Gasteiger partial charge in [-0.05, 0) is 12.1 Å². The Morgan fingerprint density at radius 3 is 3.12 bits per heavy atom. The topological polar surface area (TPSA) is 70.7 Å². The van der Waals surface area contributed by atoms with Crippen molar-refractivity contribution in [3.8, 4) is 0 Å². The zero-order valence-corrected chi connectivity index (χ0v) is 9.49. The minimum Gasteiger partial charge on any atom is -0.361 e. The number of carbonyl (C=O) groups is 1. The van der Waals surface area contributed by atoms with Gasteiger partial charge in [0.1, 0.15) is 5.00 Å². The summed E-state index contributed by atoms with van der Waals surface area (Å²) >= 11 is 1.15. The molecule has 0 bridgehead atoms. The van der Waals surface area contributed by atoms with E-state index in [-0.39, 0.29) is 5.91 Å². The van der Waals surface area contributed by atoms with Gasteiger partial charge >= 0.3 is 0 Å². The summed E-state index contributed by atoms with van der Waals surface area (Å²) in [6, 6.07) is 7.52. The van der Waals surface area contributed by atoms with Crippen molar-refractivity contribution in [3.63, 3.8) is 0 Å². The third kappa shape index (κ3) is 1.78. The monoisotopic (exact) mass is 244 g/mol. The Morgan fingerprint density at radius 2 is 2.29 bits per heavy atom. The van der Waals surface area contributed by atoms with Gasteiger partial charge in [0.15, 0.2) is 0 Å². The largest absolute Gasteiger partial charge is 0.361 e. The number of aromatic nitrogens is 3. The molecule has 0 radical (unpaired) electrons. The molecule has 2 aromatic heterocycles. The number of rotatable bonds is 2. The third-order valence-electron chi connectivity index (χ3n) is 2.43. The Labute approximate surface area is 101 Å². The van der Waals surface area contributed by atoms with Crippen LogP contribution in [-0.2, 0) is 0 Å². The number of H-pyrrole nitrogens is 1. The summed E-state index contributed by atoms with van der Waals surface area (Å²) in [5.74, 6) is -0.163. The number of benzene rings is 1. The van der Waals surface area contributed by atoms with E-state index in [4.69, 9.17) is 0 Å². The fourth-order valence-corrected chi connectivity index (χ4v) is 2.09. The first-order valence-corrected chi connectivity index (χ1v) is 5.77. The number of aromatic amines is 1. The summed E-state index contributed by atoms with van der Waals surface area (Å²) in [7, 11) is 0. The van der Waals surface area contributed by atoms with E-state index in [0.717, 1.165) is 22.4 Å². The van der Waals surface area contributed by atoms with Crippen LogP contribution >= 0.6 is 11.5 Å². The van der Waals surface area contributed by atoms with Crippen LogP contribution in [-0.4, -0.2) is 20.5 Å². The summed E-state index contributed by atoms with van der Waals surface area (Å²) in [5.41, 5.74) is 1.45. The Hall–Kier alpha value is -2.21. The number of hydrogen-bond donors (Lipinski definition) is 2. The highest BCUT2D eigenvalue weighted by atomic mass is 32.1. The Bertz CT molecular complexity index is 659. The quantitative estimate of drug-likeness (QED) is 0.726. The molecule has 0 aliphatic rings. The zero-order valence-electron chi connectivity index (χ0n) is 8.68. The van der Waals surface area contributed by atoms with Crippen molar-refractivity contribution < 1.29 is 4.79 Å². The van der Waals surface area contributed by atoms with E-state index in [2.05, 4.69) is 19.9 Å². The molecular formula is C11H8N4OS. The number of nitrogens with zero attached hydrogens (tertiary/aromatic N) is 2. The van der Waals surface area contributed by atoms with Crippen LogP contribution in [0, 0.1) is 0 Å². The second kappa shape index (κ2) is 3.99. The average molecular weight is 244 g/mol. The van der Waals surface area contributed by atoms with Crippen molar-refractivity contribution in [2.75, 3.05) is 5.32 Å². The van der Waals surface area contributed by atoms with Crippen LogP contribution in [0.2, 0.25) is 0 Å². The Morgan fingerprint density at radius 1 is 1.35 bits per heavy atom. The van der Waals surface area contributed by atoms with E-state index < -0.39 is 0 Å². The molecule has 0 saturated heterocycles. The van der Waals surface area contributed by atoms with Gasteiger partial charge in [-0.1, -0.05) is 16.6 Å². The smallest absolute Gasteiger partial charge is 0.258 e. The lowest BCUT2D eigenvalue weighted by Crippen LogP contribution is -2.11. The van der Waals surface area contributed by atoms with Gasteiger partial charge in [-0.3, -0.25) is 4.79 Å². The third-order valence-corrected chi connectivity index (χ3v) is 3.01. The lowest BCUT2D eigenvalue weighted by atomic mass is 10.1. The molecule has 0 unspecified atom stereocenters. The average Bonchev–Trinajstić information content (AvgIpc) is 2.97. The summed E-state index contributed by atoms with van der Waals surface area (Å²) in [4.78, 5) is 15.1. The van der Waals surface area contributed by atoms with E-state index >= 15 is 0 Å². The molecule has 0 fully saturated rings. The molecule has 0 saturated carbocycles. The fraction of sp³-hybridized carbons (Fsp3) is 0. The van der Waals surface area contributed by atoms with Gasteiger partial charge in [0.2, 0.25) is 0 Å². The minimum absolute atomic E-state index is 0.163. The molecule has 1 aromatic carbocycles. The van der Waals surface area contributed by atoms with Gasteiger partial charge in [-0.15, -0.1) is 5.10 Å². The molecule has 3 rings (SSSR count). The molecule has 17 heavy (non-hydrogen) atoms. The van der Waals surface area contributed by atoms with Crippen molar-refractivity contribution in [1.82, 2.24) is 14.6 Å². The summed E-state index contributed by atoms with van der Waals surface area (Å²) < 4.78 is 3.69. The standard InChI is InChI=1S/C11H8N4OS/c16-11(14-9-6-13-15-17-9)8-3-1-2-7-4-5-12-10(7)8/h1-6,12H,(H,14,16). The number of hydrogen-bond acceptors (Lipinski definition) is 4. The number of amides is 1. The predicted molar refractivity (Wildman–Crippen MR) is 66.2 cm³/mol. The number of fused-ring (bicyclic) bond motifs is 1. The lowest BCUT2D eigenvalue weighted by molar-refractivity contribution is 0.102. The van der Waals surface area contributed by atoms with Gasteiger partial charge in [0.05, 0.1) is 17.3 Å². The maximum absolute atomic E-state index is 12.0. The molecule has 0 aliphatic heterocycles. The van der Waals surface area contributed by atoms with E-state index in [1.807, 2.05) is 24.4 Å². The van der Waals surface area contributed by atoms with E-state index in [1.165, 1.54) is 6.20 Å². The summed E-state index contributed by atoms with van der Waals surface area (Å²) in [6.45, 7) is 0. The molecule has 2 heterocycles. The molecule has 5 nitrogen and oxygen atoms in total. The first kappa shape index (κ1) is 9.98. The highest BCUT2D eigenvalue weighted by Crippen LogP contribution is 2.19. The number of anilines is 1. The van der Waals surface area contributed by atoms with Crippen molar-refractivity contribution in [1.29, 1.82) is 0 Å². The van der Waals surface area contributed by atoms with Gasteiger partial charge < -0.3 is 10.3 Å². The first-order valence-electron chi connectivity index (χ1n) is 4.99. The second-order valence-electron chi connectivity index (χ2n) is 3.48. The van der Waals surface area contributed by atoms with Gasteiger partial charge in [-0.2, -0.15) is 0 Å². The molecule has 3 aromatic rings. The number of nitrogens with one attached hydrogen (secondary N) is 2. The first-order chi connectivity index (χ1) is 8.34. The van der Waals surface area contributed by atoms with E-state index in [0.29, 0.717) is 10.6 Å². The van der Waals surface area contributed by atoms with Gasteiger partial charge in [0.25, 0.3) is 5.91 Å². The highest BCUT2D eigenvalue weighted by molar-refractivity contribution is 7.10. The lowest BCUT2D eigenvalue weighted by Gasteiger charge is -2.02. The van der Waals surface area contributed by atoms with Crippen molar-refractivity contribution in [2.24, 2.45) is 0 Å². The molecule has 1 amide bonds. The van der Waals surface area contributed by atoms with Crippen LogP contribution in [0.5, 0.6) is 0 Å². The number of carbonyl (C=O) groups excluding carboxylic acids is 1. The zero-order chi connectivity index (χ0) is 11.7. The van der Waals surface area contributed by atoms with Crippen LogP contribution in [0.25, 0.3) is 10.9 Å². The van der Waals surface area contributed by atoms with Crippen molar-refractivity contribution in [3.05, 3.63) is 42.2 Å². The van der Waals surface area contributed by atoms with Crippen LogP contribution < -0.4 is 5.32 Å². The highest BCUT2D eigenvalue weighted by Gasteiger charge is 2.11. The van der Waals surface area contributed by atoms with Crippen molar-refractivity contribution >= 4 is 33.3 Å². The van der Waals surface area contributed by atoms with Gasteiger partial charge in [-0.25, -0.2) is 0 Å². The maximum atomic E-state index is 12.0. The predicted octanol–water partition coefficient (Wildman–Crippen LogP) is 2.27. The molecular weight excluding hydrogens is 236 g/mol. The normalized spacial score (nSPS) is 10.6. The summed E-state index contributed by atoms with van der Waals surface area (Å²) in [6.07, 6.45) is 3.34. The molecule has 2 N–H and O–H groups in total. The van der Waals surface area contributed by atoms with Crippen LogP contribution in [0.1, 0.15) is 10.4 Å². The fourth-order valence-electron chi connectivity index (χ4n) is 1.68. The SMILES string of the molecule is O=C(Nc1cnns1)c1cccc2cc[nH]c12. The Balaban J connectivity index is 1.98. The molecule has 0 atom stereocenters. The molecule has 0 aliphatic carbocycles. The van der Waals surface area contributed by atoms with Crippen LogP contribution in [0.15, 0.2) is 36.7 Å². The van der Waals surface area contributed by atoms with E-state index in [9.17, 15) is 4.79 Å². The molecule has 6 heteroatoms. The number of para-hydroxylation sites is 1. The summed E-state index contributed by atoms with van der Waals surface area (Å²) in [5, 5.41) is 8.07. The van der Waals surface area contributed by atoms with Crippen molar-refractivity contribution in [2.45, 2.75) is 0 Å². The maximum Gasteiger partial charge on any atom is 0.258 e. The van der Waals surface area contributed by atoms with E-state index in [1.54, 1.807) is 6.07 Å². The second-order valence-corrected chi connectivity index (χ2v) is 4.27. The van der Waals surface area contributed by atoms with Crippen LogP contribution in [0.4, 0.5) is 5.00 Å². The molecule has 84 valence electrons. The Kier molecular flexibility index (Phi) is 2.34.